The minimum Gasteiger partial charge on any atom is -0.352 e. The Labute approximate surface area is 142 Å². The van der Waals surface area contributed by atoms with Gasteiger partial charge in [-0.1, -0.05) is 77.4 Å². The number of hydrogen-bond acceptors (Lipinski definition) is 4. The van der Waals surface area contributed by atoms with Crippen LogP contribution in [0.2, 0.25) is 0 Å². The number of hydroxylamine groups is 2. The summed E-state index contributed by atoms with van der Waals surface area (Å²) >= 11 is 0. The van der Waals surface area contributed by atoms with E-state index in [4.69, 9.17) is 0 Å². The van der Waals surface area contributed by atoms with Crippen molar-refractivity contribution in [3.63, 3.8) is 0 Å². The first kappa shape index (κ1) is 22.4. The van der Waals surface area contributed by atoms with E-state index < -0.39 is 6.04 Å². The van der Waals surface area contributed by atoms with Gasteiger partial charge in [0.2, 0.25) is 5.91 Å². The molecule has 0 aromatic rings. The van der Waals surface area contributed by atoms with Gasteiger partial charge >= 0.3 is 0 Å². The standard InChI is InChI=1S/C18H38N2O3/c1-4-7-8-9-10-11-12-13-14-15-18(21)19-16(5-2)17(6-3)20(22)23/h16-17,22-23H,4-15H2,1-3H3,(H,19,21). The minimum atomic E-state index is -0.452. The number of amides is 1. The predicted molar refractivity (Wildman–Crippen MR) is 93.6 cm³/mol. The van der Waals surface area contributed by atoms with Crippen LogP contribution in [0.1, 0.15) is 97.8 Å². The lowest BCUT2D eigenvalue weighted by Crippen LogP contribution is -2.49. The van der Waals surface area contributed by atoms with Crippen molar-refractivity contribution in [3.8, 4) is 0 Å². The molecule has 0 spiro atoms. The number of hydrogen-bond donors (Lipinski definition) is 3. The van der Waals surface area contributed by atoms with Crippen molar-refractivity contribution in [1.29, 1.82) is 0 Å². The van der Waals surface area contributed by atoms with Crippen LogP contribution in [0.5, 0.6) is 0 Å². The number of unbranched alkanes of at least 4 members (excludes halogenated alkanes) is 8. The third-order valence-electron chi connectivity index (χ3n) is 4.47. The fourth-order valence-corrected chi connectivity index (χ4v) is 2.95. The molecule has 0 aliphatic carbocycles. The molecular formula is C18H38N2O3. The topological polar surface area (TPSA) is 72.8 Å². The Hall–Kier alpha value is -0.650. The molecule has 0 aliphatic rings. The molecule has 1 amide bonds. The summed E-state index contributed by atoms with van der Waals surface area (Å²) in [5.41, 5.74) is 0. The van der Waals surface area contributed by atoms with Crippen LogP contribution in [0.15, 0.2) is 0 Å². The lowest BCUT2D eigenvalue weighted by molar-refractivity contribution is -0.335. The predicted octanol–water partition coefficient (Wildman–Crippen LogP) is 4.66. The summed E-state index contributed by atoms with van der Waals surface area (Å²) in [6.07, 6.45) is 12.9. The highest BCUT2D eigenvalue weighted by atomic mass is 16.8. The second-order valence-electron chi connectivity index (χ2n) is 6.46. The Morgan fingerprint density at radius 1 is 0.870 bits per heavy atom. The maximum absolute atomic E-state index is 12.0. The Balaban J connectivity index is 3.73. The van der Waals surface area contributed by atoms with Crippen LogP contribution in [-0.4, -0.2) is 33.6 Å². The summed E-state index contributed by atoms with van der Waals surface area (Å²) in [7, 11) is 0. The zero-order chi connectivity index (χ0) is 17.5. The van der Waals surface area contributed by atoms with Crippen molar-refractivity contribution in [2.75, 3.05) is 0 Å². The summed E-state index contributed by atoms with van der Waals surface area (Å²) in [4.78, 5) is 12.0. The zero-order valence-electron chi connectivity index (χ0n) is 15.4. The van der Waals surface area contributed by atoms with Crippen LogP contribution in [0, 0.1) is 0 Å². The Morgan fingerprint density at radius 3 is 1.83 bits per heavy atom. The van der Waals surface area contributed by atoms with Gasteiger partial charge in [-0.3, -0.25) is 15.2 Å². The molecule has 0 aliphatic heterocycles. The normalized spacial score (nSPS) is 14.0. The van der Waals surface area contributed by atoms with Gasteiger partial charge in [0.15, 0.2) is 0 Å². The van der Waals surface area contributed by atoms with E-state index >= 15 is 0 Å². The monoisotopic (exact) mass is 330 g/mol. The molecule has 0 saturated heterocycles. The average Bonchev–Trinajstić information content (AvgIpc) is 2.52. The summed E-state index contributed by atoms with van der Waals surface area (Å²) in [6.45, 7) is 6.05. The van der Waals surface area contributed by atoms with Gasteiger partial charge in [-0.25, -0.2) is 0 Å². The largest absolute Gasteiger partial charge is 0.352 e. The van der Waals surface area contributed by atoms with Gasteiger partial charge in [-0.15, -0.1) is 0 Å². The number of nitrogens with zero attached hydrogens (tertiary/aromatic N) is 1. The molecule has 0 heterocycles. The van der Waals surface area contributed by atoms with Crippen molar-refractivity contribution in [2.24, 2.45) is 0 Å². The average molecular weight is 331 g/mol. The van der Waals surface area contributed by atoms with E-state index in [0.29, 0.717) is 19.3 Å². The molecule has 23 heavy (non-hydrogen) atoms. The van der Waals surface area contributed by atoms with E-state index in [9.17, 15) is 15.2 Å². The van der Waals surface area contributed by atoms with E-state index in [0.717, 1.165) is 12.8 Å². The number of nitrogens with one attached hydrogen (secondary N) is 1. The highest BCUT2D eigenvalue weighted by Gasteiger charge is 2.24. The zero-order valence-corrected chi connectivity index (χ0v) is 15.4. The third kappa shape index (κ3) is 11.5. The highest BCUT2D eigenvalue weighted by Crippen LogP contribution is 2.12. The fraction of sp³-hybridized carbons (Fsp3) is 0.944. The Bertz CT molecular complexity index is 285. The maximum atomic E-state index is 12.0. The molecule has 2 atom stereocenters. The quantitative estimate of drug-likeness (QED) is 0.301. The lowest BCUT2D eigenvalue weighted by atomic mass is 10.0. The summed E-state index contributed by atoms with van der Waals surface area (Å²) in [5.74, 6) is 0.0140. The van der Waals surface area contributed by atoms with Gasteiger partial charge in [0.25, 0.3) is 0 Å². The molecule has 0 aromatic carbocycles. The maximum Gasteiger partial charge on any atom is 0.220 e. The van der Waals surface area contributed by atoms with Gasteiger partial charge in [0.1, 0.15) is 0 Å². The molecule has 138 valence electrons. The van der Waals surface area contributed by atoms with Gasteiger partial charge in [-0.05, 0) is 19.3 Å². The van der Waals surface area contributed by atoms with Gasteiger partial charge < -0.3 is 5.32 Å². The molecule has 5 nitrogen and oxygen atoms in total. The number of rotatable bonds is 15. The molecule has 5 heteroatoms. The summed E-state index contributed by atoms with van der Waals surface area (Å²) in [6, 6.07) is -0.673. The molecule has 0 radical (unpaired) electrons. The van der Waals surface area contributed by atoms with Crippen molar-refractivity contribution >= 4 is 5.91 Å². The summed E-state index contributed by atoms with van der Waals surface area (Å²) in [5, 5.41) is 21.6. The molecular weight excluding hydrogens is 292 g/mol. The Kier molecular flexibility index (Phi) is 14.5. The fourth-order valence-electron chi connectivity index (χ4n) is 2.95. The Morgan fingerprint density at radius 2 is 1.39 bits per heavy atom. The van der Waals surface area contributed by atoms with E-state index in [-0.39, 0.29) is 17.2 Å². The van der Waals surface area contributed by atoms with Crippen molar-refractivity contribution < 1.29 is 15.2 Å². The first-order chi connectivity index (χ1) is 11.1. The smallest absolute Gasteiger partial charge is 0.220 e. The van der Waals surface area contributed by atoms with Crippen LogP contribution in [0.25, 0.3) is 0 Å². The van der Waals surface area contributed by atoms with Gasteiger partial charge in [0, 0.05) is 12.5 Å². The minimum absolute atomic E-state index is 0.0140. The first-order valence-corrected chi connectivity index (χ1v) is 9.53. The van der Waals surface area contributed by atoms with Crippen molar-refractivity contribution in [1.82, 2.24) is 10.5 Å². The van der Waals surface area contributed by atoms with Crippen molar-refractivity contribution in [3.05, 3.63) is 0 Å². The van der Waals surface area contributed by atoms with E-state index in [2.05, 4.69) is 12.2 Å². The van der Waals surface area contributed by atoms with E-state index in [1.165, 1.54) is 44.9 Å². The number of carbonyl (C=O) groups excluding carboxylic acids is 1. The molecule has 0 rings (SSSR count). The van der Waals surface area contributed by atoms with Crippen LogP contribution in [-0.2, 0) is 4.79 Å². The lowest BCUT2D eigenvalue weighted by Gasteiger charge is -2.28. The number of carbonyl (C=O) groups is 1. The van der Waals surface area contributed by atoms with Crippen molar-refractivity contribution in [2.45, 2.75) is 110 Å². The molecule has 0 saturated carbocycles. The molecule has 0 bridgehead atoms. The van der Waals surface area contributed by atoms with E-state index in [1.54, 1.807) is 0 Å². The first-order valence-electron chi connectivity index (χ1n) is 9.53. The highest BCUT2D eigenvalue weighted by molar-refractivity contribution is 5.76. The third-order valence-corrected chi connectivity index (χ3v) is 4.47. The molecule has 2 unspecified atom stereocenters. The second kappa shape index (κ2) is 14.9. The van der Waals surface area contributed by atoms with Gasteiger partial charge in [0.05, 0.1) is 6.04 Å². The van der Waals surface area contributed by atoms with Crippen LogP contribution in [0.4, 0.5) is 0 Å². The molecule has 3 N–H and O–H groups in total. The van der Waals surface area contributed by atoms with Gasteiger partial charge in [-0.2, -0.15) is 0 Å². The molecule has 0 aromatic heterocycles. The van der Waals surface area contributed by atoms with E-state index in [1.807, 2.05) is 13.8 Å². The molecule has 0 fully saturated rings. The van der Waals surface area contributed by atoms with Crippen LogP contribution in [0.3, 0.4) is 0 Å². The van der Waals surface area contributed by atoms with Crippen LogP contribution < -0.4 is 5.32 Å². The second-order valence-corrected chi connectivity index (χ2v) is 6.46. The SMILES string of the molecule is CCCCCCCCCCCC(=O)NC(CC)C(CC)N(O)O. The van der Waals surface area contributed by atoms with Crippen LogP contribution >= 0.6 is 0 Å². The summed E-state index contributed by atoms with van der Waals surface area (Å²) < 4.78 is 0.